The van der Waals surface area contributed by atoms with E-state index in [2.05, 4.69) is 274 Å². The molecule has 2 unspecified atom stereocenters. The molecule has 0 aliphatic heterocycles. The zero-order valence-corrected chi connectivity index (χ0v) is 47.5. The summed E-state index contributed by atoms with van der Waals surface area (Å²) in [5.74, 6) is 0.971. The van der Waals surface area contributed by atoms with Gasteiger partial charge in [0.15, 0.2) is 0 Å². The van der Waals surface area contributed by atoms with Crippen LogP contribution in [0.2, 0.25) is 0 Å². The Morgan fingerprint density at radius 2 is 0.820 bits per heavy atom. The molecule has 2 rings (SSSR count). The third kappa shape index (κ3) is 12.4. The van der Waals surface area contributed by atoms with Gasteiger partial charge in [-0.05, 0) is 0 Å². The van der Waals surface area contributed by atoms with Crippen LogP contribution in [-0.4, -0.2) is 206 Å². The Labute approximate surface area is 376 Å². The van der Waals surface area contributed by atoms with Gasteiger partial charge in [0.2, 0.25) is 0 Å². The third-order valence-electron chi connectivity index (χ3n) is 11.8. The molecule has 0 bridgehead atoms. The summed E-state index contributed by atoms with van der Waals surface area (Å²) in [5.41, 5.74) is 4.04. The molecule has 0 radical (unpaired) electrons. The van der Waals surface area contributed by atoms with Crippen LogP contribution < -0.4 is 0 Å². The minimum atomic E-state index is -3.98. The van der Waals surface area contributed by atoms with Crippen LogP contribution in [0.15, 0.2) is 72.7 Å². The maximum atomic E-state index is 6.36. The van der Waals surface area contributed by atoms with Gasteiger partial charge in [0.25, 0.3) is 0 Å². The van der Waals surface area contributed by atoms with Crippen molar-refractivity contribution in [2.75, 3.05) is 155 Å². The van der Waals surface area contributed by atoms with E-state index in [9.17, 15) is 0 Å². The van der Waals surface area contributed by atoms with Gasteiger partial charge in [-0.3, -0.25) is 0 Å². The average Bonchev–Trinajstić information content (AvgIpc) is 3.16. The van der Waals surface area contributed by atoms with Crippen molar-refractivity contribution in [2.45, 2.75) is 45.1 Å². The summed E-state index contributed by atoms with van der Waals surface area (Å²) >= 11 is 0. The quantitative estimate of drug-likeness (QED) is 0.106. The molecule has 2 aromatic carbocycles. The average molecular weight is 948 g/mol. The predicted octanol–water partition coefficient (Wildman–Crippen LogP) is 10.3. The van der Waals surface area contributed by atoms with Crippen LogP contribution in [0.4, 0.5) is 0 Å². The fourth-order valence-electron chi connectivity index (χ4n) is 8.50. The van der Waals surface area contributed by atoms with Gasteiger partial charge < -0.3 is 0 Å². The van der Waals surface area contributed by atoms with Gasteiger partial charge in [0.1, 0.15) is 0 Å². The van der Waals surface area contributed by atoms with Crippen molar-refractivity contribution in [1.29, 1.82) is 0 Å². The molecular formula is C41H90N15P5. The van der Waals surface area contributed by atoms with E-state index in [0.29, 0.717) is 18.4 Å². The zero-order valence-electron chi connectivity index (χ0n) is 43.0. The first-order chi connectivity index (χ1) is 28.1. The first-order valence-electron chi connectivity index (χ1n) is 21.2. The Kier molecular flexibility index (Phi) is 21.5. The van der Waals surface area contributed by atoms with Crippen molar-refractivity contribution >= 4 is 37.7 Å². The van der Waals surface area contributed by atoms with E-state index >= 15 is 0 Å². The fourth-order valence-corrected chi connectivity index (χ4v) is 33.0. The Morgan fingerprint density at radius 3 is 1.15 bits per heavy atom. The second-order valence-electron chi connectivity index (χ2n) is 18.2. The molecule has 0 aromatic heterocycles. The monoisotopic (exact) mass is 948 g/mol. The number of nitrogens with zero attached hydrogens (tertiary/aromatic N) is 15. The van der Waals surface area contributed by atoms with Crippen molar-refractivity contribution < 1.29 is 0 Å². The zero-order chi connectivity index (χ0) is 47.1. The maximum absolute atomic E-state index is 6.36. The molecule has 0 saturated heterocycles. The molecule has 0 N–H and O–H groups in total. The van der Waals surface area contributed by atoms with Crippen molar-refractivity contribution in [3.05, 3.63) is 71.3 Å². The van der Waals surface area contributed by atoms with Crippen molar-refractivity contribution in [2.24, 2.45) is 18.1 Å². The number of rotatable bonds is 22. The van der Waals surface area contributed by atoms with Gasteiger partial charge in [0.05, 0.1) is 0 Å². The summed E-state index contributed by atoms with van der Waals surface area (Å²) < 4.78 is 50.3. The fraction of sp³-hybridized carbons (Fsp3) is 0.707. The molecule has 0 fully saturated rings. The van der Waals surface area contributed by atoms with Crippen molar-refractivity contribution in [1.82, 2.24) is 51.4 Å². The van der Waals surface area contributed by atoms with Gasteiger partial charge >= 0.3 is 341 Å². The van der Waals surface area contributed by atoms with Gasteiger partial charge in [-0.15, -0.1) is 0 Å². The topological polar surface area (TPSA) is 85.1 Å². The van der Waals surface area contributed by atoms with Crippen molar-refractivity contribution in [3.63, 3.8) is 0 Å². The van der Waals surface area contributed by atoms with Crippen LogP contribution in [0, 0.1) is 0 Å². The summed E-state index contributed by atoms with van der Waals surface area (Å²) in [6.07, 6.45) is 2.25. The normalized spacial score (nSPS) is 15.2. The molecular weight excluding hydrogens is 857 g/mol. The predicted molar refractivity (Wildman–Crippen MR) is 279 cm³/mol. The second kappa shape index (κ2) is 23.2. The molecule has 0 heterocycles. The van der Waals surface area contributed by atoms with Gasteiger partial charge in [-0.2, -0.15) is 0 Å². The first-order valence-corrected chi connectivity index (χ1v) is 29.9. The van der Waals surface area contributed by atoms with E-state index in [4.69, 9.17) is 18.1 Å². The van der Waals surface area contributed by atoms with Crippen LogP contribution >= 0.6 is 37.7 Å². The second-order valence-corrected chi connectivity index (χ2v) is 36.2. The van der Waals surface area contributed by atoms with E-state index in [1.165, 1.54) is 16.7 Å². The van der Waals surface area contributed by atoms with Crippen LogP contribution in [0.1, 0.15) is 55.2 Å². The van der Waals surface area contributed by atoms with Gasteiger partial charge in [-0.25, -0.2) is 0 Å². The summed E-state index contributed by atoms with van der Waals surface area (Å²) in [4.78, 5) is 0. The number of benzene rings is 2. The summed E-state index contributed by atoms with van der Waals surface area (Å²) in [7, 11) is 30.6. The molecule has 0 aliphatic rings. The van der Waals surface area contributed by atoms with Crippen LogP contribution in [0.25, 0.3) is 0 Å². The third-order valence-corrected chi connectivity index (χ3v) is 33.5. The molecule has 61 heavy (non-hydrogen) atoms. The Balaban J connectivity index is 3.28. The number of hydrogen-bond acceptors (Lipinski definition) is 4. The smallest absolute Gasteiger partial charge is 0.0622 e. The van der Waals surface area contributed by atoms with E-state index in [0.717, 1.165) is 12.8 Å². The van der Waals surface area contributed by atoms with E-state index in [-0.39, 0.29) is 0 Å². The van der Waals surface area contributed by atoms with Crippen molar-refractivity contribution in [3.8, 4) is 0 Å². The standard InChI is InChI=1S/C41H90N15P5/c1-25-39(41-29-27-26-28-30-41)35-37(2)40-33-31-38(32-34-40)36-56(23)61(54(19)20,55(21)22)45-58(42-57(24,46(3)4)47(5)6,43-59(48(7)8,49(9)10)50(11)12)44-60(51(13)14,52(15)16)53(17)18/h26-34,37,39,58H,25,35-36H2,1-24H3. The van der Waals surface area contributed by atoms with Crippen LogP contribution in [0.3, 0.4) is 0 Å². The summed E-state index contributed by atoms with van der Waals surface area (Å²) in [6, 6.07) is 20.3. The van der Waals surface area contributed by atoms with Gasteiger partial charge in [0, 0.05) is 0 Å². The minimum Gasteiger partial charge on any atom is -0.0622 e. The molecule has 0 amide bonds. The number of hydrogen-bond donors (Lipinski definition) is 0. The molecule has 0 aliphatic carbocycles. The molecule has 2 aromatic rings. The summed E-state index contributed by atoms with van der Waals surface area (Å²) in [6.45, 7) is 7.64. The van der Waals surface area contributed by atoms with Gasteiger partial charge in [-0.1, -0.05) is 37.3 Å². The Morgan fingerprint density at radius 1 is 0.459 bits per heavy atom. The molecule has 2 atom stereocenters. The van der Waals surface area contributed by atoms with Crippen LogP contribution in [0.5, 0.6) is 0 Å². The molecule has 20 heteroatoms. The molecule has 15 nitrogen and oxygen atoms in total. The van der Waals surface area contributed by atoms with Crippen LogP contribution in [-0.2, 0) is 6.54 Å². The minimum absolute atomic E-state index is 0.437. The SMILES string of the molecule is CCC(CC(C)c1ccc(CN(C)P(=N[PH](N=P(C)(N(C)C)N(C)C)(N=P(N(C)C)(N(C)C)N(C)C)N=P(N(C)C)(N(C)C)N(C)C)(N(C)C)N(C)C)cc1)c1ccccc1. The summed E-state index contributed by atoms with van der Waals surface area (Å²) in [5, 5.41) is 0. The van der Waals surface area contributed by atoms with E-state index < -0.39 is 37.7 Å². The molecule has 0 saturated carbocycles. The Bertz CT molecular complexity index is 1770. The molecule has 354 valence electrons. The van der Waals surface area contributed by atoms with E-state index in [1.807, 2.05) is 0 Å². The Hall–Kier alpha value is -0.650. The molecule has 0 spiro atoms. The first kappa shape index (κ1) is 56.5. The van der Waals surface area contributed by atoms with E-state index in [1.54, 1.807) is 0 Å².